The Kier molecular flexibility index (Phi) is 30.8. The molecule has 10 rings (SSSR count). The van der Waals surface area contributed by atoms with E-state index in [9.17, 15) is 12.9 Å². The zero-order valence-electron chi connectivity index (χ0n) is 42.5. The van der Waals surface area contributed by atoms with Crippen LogP contribution in [0.15, 0.2) is 146 Å². The number of benzene rings is 4. The number of allylic oxidation sites excluding steroid dienone is 4. The molecule has 4 heterocycles. The van der Waals surface area contributed by atoms with Gasteiger partial charge in [0.15, 0.2) is 0 Å². The van der Waals surface area contributed by atoms with Gasteiger partial charge in [0.1, 0.15) is 0 Å². The monoisotopic (exact) mass is 1120 g/mol. The zero-order valence-corrected chi connectivity index (χ0v) is 47.9. The van der Waals surface area contributed by atoms with Crippen LogP contribution in [0.5, 0.6) is 0 Å². The van der Waals surface area contributed by atoms with Gasteiger partial charge in [-0.05, 0) is 91.9 Å². The molecule has 0 amide bonds. The van der Waals surface area contributed by atoms with Gasteiger partial charge in [0.05, 0.1) is 71.9 Å². The minimum Gasteiger partial charge on any atom is -1.00 e. The van der Waals surface area contributed by atoms with Gasteiger partial charge in [0.25, 0.3) is 0 Å². The molecule has 2 bridgehead atoms. The molecule has 70 heavy (non-hydrogen) atoms. The number of hydrogen-bond donors (Lipinski definition) is 0. The van der Waals surface area contributed by atoms with E-state index in [-0.39, 0.29) is 62.3 Å². The Labute approximate surface area is 443 Å². The van der Waals surface area contributed by atoms with Crippen molar-refractivity contribution in [3.8, 4) is 0 Å². The molecule has 4 saturated heterocycles. The van der Waals surface area contributed by atoms with Gasteiger partial charge in [-0.25, -0.2) is 0 Å². The minimum atomic E-state index is -3.67. The standard InChI is InChI=1S/C26H38P2.C24H32P2.C7H8.CH4.2CH3.BF3.FH.Rh/c1-27(17-9-15-25(27)21-23-11-5-3-6-12-23)19-20-28(2)18-10-16-26(28)22-24-13-7-4-8-14-24;1-3-9-21(10-4-1)19-23-13-7-15-25(23)17-18-26-16-8-14-24(26)20-22-11-5-2-6-12-22;1-2-7-4-3-6(1)5-7;;;;2-1(3)4;;/h3-8,11-14,25-26H,9-10,15-22H2,1-2H3;1-6,9-12,23-24H,7-8,13-20H2;1-4,6-7H,5H2;1H4;2*1H3;;1H;/q+2;;;;2*-1;;;+3/p+1/t25-,26-,27?,28?;23-,24-,25?,26?;;;;;;;/m00......./s1. The summed E-state index contributed by atoms with van der Waals surface area (Å²) in [6.07, 6.45) is 40.7. The molecule has 0 spiro atoms. The smallest absolute Gasteiger partial charge is 1.00 e. The van der Waals surface area contributed by atoms with E-state index < -0.39 is 22.1 Å². The molecule has 0 aromatic heterocycles. The van der Waals surface area contributed by atoms with Crippen molar-refractivity contribution in [3.05, 3.63) is 183 Å². The van der Waals surface area contributed by atoms with Gasteiger partial charge in [-0.1, -0.05) is 153 Å². The Morgan fingerprint density at radius 3 is 1.07 bits per heavy atom. The van der Waals surface area contributed by atoms with Crippen LogP contribution >= 0.6 is 30.4 Å². The first-order chi connectivity index (χ1) is 31.6. The zero-order chi connectivity index (χ0) is 45.3. The Balaban J connectivity index is 0.000000371. The van der Waals surface area contributed by atoms with Gasteiger partial charge in [-0.2, -0.15) is 0 Å². The number of fused-ring (bicyclic) bond motifs is 2. The average molecular weight is 1120 g/mol. The fourth-order valence-corrected chi connectivity index (χ4v) is 31.0. The SMILES string of the molecule is C.C1=CC2C=CC1C2.C[P+]1(CC[P+]2(C)CCC[C@H]2Cc2ccccc2)CCC[C@H]1Cc1ccccc1.FB(F)F.[CH3-].[CH3-].[F-].[Rh+3].c1ccc(C[C@@H]2CCC[PH+]2CC[PH+]2CCC[C@H]2Cc2ccccc2)cc1. The predicted molar refractivity (Wildman–Crippen MR) is 312 cm³/mol. The van der Waals surface area contributed by atoms with Crippen LogP contribution in [0.1, 0.15) is 87.5 Å². The first-order valence-electron chi connectivity index (χ1n) is 25.5. The average Bonchev–Trinajstić information content (AvgIpc) is 4.21. The number of rotatable bonds is 14. The predicted octanol–water partition coefficient (Wildman–Crippen LogP) is 14.5. The molecule has 0 saturated carbocycles. The molecule has 4 unspecified atom stereocenters. The molecule has 0 N–H and O–H groups in total. The van der Waals surface area contributed by atoms with E-state index in [1.807, 2.05) is 0 Å². The van der Waals surface area contributed by atoms with Crippen LogP contribution < -0.4 is 4.70 Å². The summed E-state index contributed by atoms with van der Waals surface area (Å²) in [5.74, 6) is 1.62. The fraction of sp³-hybridized carbons (Fsp3) is 0.500. The van der Waals surface area contributed by atoms with E-state index in [4.69, 9.17) is 0 Å². The van der Waals surface area contributed by atoms with Crippen molar-refractivity contribution in [1.82, 2.24) is 0 Å². The number of halogens is 4. The molecule has 4 aliphatic heterocycles. The maximum Gasteiger partial charge on any atom is 3.00 e. The van der Waals surface area contributed by atoms with Crippen molar-refractivity contribution in [2.24, 2.45) is 11.8 Å². The molecule has 4 aromatic rings. The summed E-state index contributed by atoms with van der Waals surface area (Å²) in [7, 11) is -5.42. The van der Waals surface area contributed by atoms with Crippen molar-refractivity contribution in [3.63, 3.8) is 0 Å². The summed E-state index contributed by atoms with van der Waals surface area (Å²) in [6, 6.07) is 45.2. The second-order valence-electron chi connectivity index (χ2n) is 20.8. The summed E-state index contributed by atoms with van der Waals surface area (Å²) in [4.78, 5) is 0. The maximum atomic E-state index is 9.67. The van der Waals surface area contributed by atoms with Crippen molar-refractivity contribution < 1.29 is 37.1 Å². The third-order valence-corrected chi connectivity index (χ3v) is 33.9. The van der Waals surface area contributed by atoms with Crippen LogP contribution in [0.4, 0.5) is 12.9 Å². The molecule has 4 fully saturated rings. The second kappa shape index (κ2) is 33.4. The summed E-state index contributed by atoms with van der Waals surface area (Å²) in [5, 5.41) is 0. The van der Waals surface area contributed by atoms with E-state index in [1.165, 1.54) is 83.5 Å². The second-order valence-corrected chi connectivity index (χ2v) is 36.2. The van der Waals surface area contributed by atoms with Gasteiger partial charge in [0.2, 0.25) is 0 Å². The minimum absolute atomic E-state index is 0. The van der Waals surface area contributed by atoms with Crippen molar-refractivity contribution >= 4 is 37.9 Å². The number of hydrogen-bond acceptors (Lipinski definition) is 0. The first-order valence-corrected chi connectivity index (χ1v) is 34.8. The molecule has 0 nitrogen and oxygen atoms in total. The fourth-order valence-electron chi connectivity index (χ4n) is 12.4. The Bertz CT molecular complexity index is 1860. The molecule has 4 aromatic carbocycles. The van der Waals surface area contributed by atoms with E-state index in [0.29, 0.717) is 0 Å². The van der Waals surface area contributed by atoms with Crippen LogP contribution in [0.25, 0.3) is 0 Å². The third-order valence-electron chi connectivity index (χ3n) is 16.4. The van der Waals surface area contributed by atoms with Crippen LogP contribution in [-0.4, -0.2) is 92.8 Å². The van der Waals surface area contributed by atoms with Gasteiger partial charge >= 0.3 is 27.0 Å². The molecule has 0 radical (unpaired) electrons. The van der Waals surface area contributed by atoms with E-state index >= 15 is 0 Å². The van der Waals surface area contributed by atoms with Crippen molar-refractivity contribution in [2.45, 2.75) is 114 Å². The van der Waals surface area contributed by atoms with E-state index in [1.54, 1.807) is 71.5 Å². The van der Waals surface area contributed by atoms with Crippen LogP contribution in [0, 0.1) is 26.7 Å². The van der Waals surface area contributed by atoms with Crippen molar-refractivity contribution in [1.29, 1.82) is 0 Å². The van der Waals surface area contributed by atoms with Gasteiger partial charge < -0.3 is 19.6 Å². The topological polar surface area (TPSA) is 0 Å². The van der Waals surface area contributed by atoms with Crippen LogP contribution in [-0.2, 0) is 45.2 Å². The Morgan fingerprint density at radius 1 is 0.486 bits per heavy atom. The van der Waals surface area contributed by atoms with Crippen LogP contribution in [0.3, 0.4) is 0 Å². The van der Waals surface area contributed by atoms with E-state index in [0.717, 1.165) is 34.5 Å². The molecule has 8 atom stereocenters. The molecule has 386 valence electrons. The van der Waals surface area contributed by atoms with Crippen molar-refractivity contribution in [2.75, 3.05) is 62.6 Å². The van der Waals surface area contributed by atoms with Gasteiger partial charge in [-0.3, -0.25) is 12.9 Å². The van der Waals surface area contributed by atoms with Gasteiger partial charge in [-0.15, -0.1) is 0 Å². The molecule has 10 heteroatoms. The molecule has 2 aliphatic carbocycles. The molecule has 6 aliphatic rings. The molecular formula is C60H90BF4P4Rh+4. The van der Waals surface area contributed by atoms with E-state index in [2.05, 4.69) is 159 Å². The maximum absolute atomic E-state index is 9.67. The Hall–Kier alpha value is -1.51. The Morgan fingerprint density at radius 2 is 0.786 bits per heavy atom. The summed E-state index contributed by atoms with van der Waals surface area (Å²) < 4.78 is 29.0. The normalized spacial score (nSPS) is 28.4. The summed E-state index contributed by atoms with van der Waals surface area (Å²) in [5.41, 5.74) is 10.4. The van der Waals surface area contributed by atoms with Gasteiger partial charge in [0, 0.05) is 69.4 Å². The quantitative estimate of drug-likeness (QED) is 0.0388. The third kappa shape index (κ3) is 20.3. The summed E-state index contributed by atoms with van der Waals surface area (Å²) >= 11 is 0. The summed E-state index contributed by atoms with van der Waals surface area (Å²) in [6.45, 7) is 5.48. The van der Waals surface area contributed by atoms with Crippen LogP contribution in [0.2, 0.25) is 0 Å². The first kappa shape index (κ1) is 64.6. The molecular weight excluding hydrogens is 1030 g/mol. The largest absolute Gasteiger partial charge is 3.00 e.